The molecule has 2 N–H and O–H groups in total. The number of benzene rings is 1. The van der Waals surface area contributed by atoms with Crippen LogP contribution in [0.15, 0.2) is 27.1 Å². The first-order chi connectivity index (χ1) is 8.84. The fourth-order valence-electron chi connectivity index (χ4n) is 1.07. The molecule has 1 aromatic carbocycles. The third kappa shape index (κ3) is 5.84. The molecule has 1 amide bonds. The van der Waals surface area contributed by atoms with Gasteiger partial charge in [-0.05, 0) is 34.1 Å². The number of hydrogen-bond donors (Lipinski definition) is 2. The summed E-state index contributed by atoms with van der Waals surface area (Å²) in [6.07, 6.45) is 0. The summed E-state index contributed by atoms with van der Waals surface area (Å²) in [4.78, 5) is 11.3. The van der Waals surface area contributed by atoms with Gasteiger partial charge in [0.2, 0.25) is 0 Å². The molecule has 0 aliphatic heterocycles. The van der Waals surface area contributed by atoms with Crippen LogP contribution in [0.5, 0.6) is 5.75 Å². The molecular weight excluding hydrogens is 392 g/mol. The molecule has 0 aromatic heterocycles. The minimum Gasteiger partial charge on any atom is -0.483 e. The fourth-order valence-corrected chi connectivity index (χ4v) is 2.23. The first kappa shape index (κ1) is 16.3. The summed E-state index contributed by atoms with van der Waals surface area (Å²) in [6.45, 7) is -2.62. The quantitative estimate of drug-likeness (QED) is 0.767. The van der Waals surface area contributed by atoms with Gasteiger partial charge in [-0.15, -0.1) is 0 Å². The highest BCUT2D eigenvalue weighted by Gasteiger charge is 2.28. The molecule has 0 atom stereocenters. The zero-order valence-electron chi connectivity index (χ0n) is 9.63. The maximum Gasteiger partial charge on any atom is 0.287 e. The molecule has 0 radical (unpaired) electrons. The fraction of sp³-hybridized carbons (Fsp3) is 0.364. The van der Waals surface area contributed by atoms with Gasteiger partial charge in [0.05, 0.1) is 11.0 Å². The largest absolute Gasteiger partial charge is 0.483 e. The molecule has 0 heterocycles. The van der Waals surface area contributed by atoms with Gasteiger partial charge < -0.3 is 15.2 Å². The number of rotatable bonds is 6. The van der Waals surface area contributed by atoms with Gasteiger partial charge in [0, 0.05) is 4.47 Å². The lowest BCUT2D eigenvalue weighted by atomic mass is 10.3. The second-order valence-electron chi connectivity index (χ2n) is 3.65. The molecule has 0 bridgehead atoms. The number of aliphatic hydroxyl groups excluding tert-OH is 1. The van der Waals surface area contributed by atoms with E-state index >= 15 is 0 Å². The lowest BCUT2D eigenvalue weighted by Crippen LogP contribution is -2.40. The van der Waals surface area contributed by atoms with Gasteiger partial charge in [-0.1, -0.05) is 15.9 Å². The topological polar surface area (TPSA) is 58.6 Å². The van der Waals surface area contributed by atoms with E-state index in [9.17, 15) is 13.6 Å². The first-order valence-electron chi connectivity index (χ1n) is 5.17. The molecule has 1 aromatic rings. The van der Waals surface area contributed by atoms with Crippen molar-refractivity contribution in [3.8, 4) is 5.75 Å². The number of nitrogens with one attached hydrogen (secondary N) is 1. The minimum atomic E-state index is -3.33. The van der Waals surface area contributed by atoms with E-state index in [1.807, 2.05) is 5.32 Å². The Kier molecular flexibility index (Phi) is 6.15. The van der Waals surface area contributed by atoms with E-state index in [0.29, 0.717) is 10.2 Å². The van der Waals surface area contributed by atoms with Crippen LogP contribution in [0, 0.1) is 0 Å². The molecule has 0 fully saturated rings. The van der Waals surface area contributed by atoms with Crippen molar-refractivity contribution in [3.05, 3.63) is 27.1 Å². The lowest BCUT2D eigenvalue weighted by molar-refractivity contribution is -0.126. The smallest absolute Gasteiger partial charge is 0.287 e. The van der Waals surface area contributed by atoms with E-state index < -0.39 is 25.0 Å². The normalized spacial score (nSPS) is 11.2. The summed E-state index contributed by atoms with van der Waals surface area (Å²) in [5.41, 5.74) is 0. The number of aliphatic hydroxyl groups is 1. The van der Waals surface area contributed by atoms with Gasteiger partial charge in [-0.3, -0.25) is 4.79 Å². The highest BCUT2D eigenvalue weighted by molar-refractivity contribution is 9.11. The van der Waals surface area contributed by atoms with Crippen molar-refractivity contribution >= 4 is 37.8 Å². The number of hydrogen-bond acceptors (Lipinski definition) is 3. The maximum absolute atomic E-state index is 12.7. The number of carbonyl (C=O) groups excluding carboxylic acids is 1. The summed E-state index contributed by atoms with van der Waals surface area (Å²) in [5, 5.41) is 10.3. The summed E-state index contributed by atoms with van der Waals surface area (Å²) in [5.74, 6) is -3.59. The predicted octanol–water partition coefficient (Wildman–Crippen LogP) is 2.33. The second kappa shape index (κ2) is 7.16. The van der Waals surface area contributed by atoms with E-state index in [2.05, 4.69) is 31.9 Å². The summed E-state index contributed by atoms with van der Waals surface area (Å²) < 4.78 is 32.0. The molecule has 0 aliphatic carbocycles. The van der Waals surface area contributed by atoms with Crippen molar-refractivity contribution in [2.75, 3.05) is 19.8 Å². The van der Waals surface area contributed by atoms with E-state index in [-0.39, 0.29) is 6.61 Å². The van der Waals surface area contributed by atoms with Gasteiger partial charge in [0.25, 0.3) is 11.8 Å². The Bertz CT molecular complexity index is 458. The molecule has 0 aliphatic rings. The molecule has 0 unspecified atom stereocenters. The van der Waals surface area contributed by atoms with Crippen molar-refractivity contribution < 1.29 is 23.4 Å². The molecule has 19 heavy (non-hydrogen) atoms. The average molecular weight is 403 g/mol. The Morgan fingerprint density at radius 1 is 1.42 bits per heavy atom. The second-order valence-corrected chi connectivity index (χ2v) is 5.42. The van der Waals surface area contributed by atoms with Crippen LogP contribution in [0.1, 0.15) is 0 Å². The number of alkyl halides is 2. The summed E-state index contributed by atoms with van der Waals surface area (Å²) in [6, 6.07) is 5.08. The Hall–Kier alpha value is -0.730. The van der Waals surface area contributed by atoms with E-state index in [0.717, 1.165) is 4.47 Å². The molecule has 0 spiro atoms. The van der Waals surface area contributed by atoms with Crippen LogP contribution in [-0.2, 0) is 4.79 Å². The number of ether oxygens (including phenoxy) is 1. The van der Waals surface area contributed by atoms with Crippen LogP contribution < -0.4 is 10.1 Å². The highest BCUT2D eigenvalue weighted by Crippen LogP contribution is 2.28. The van der Waals surface area contributed by atoms with Crippen LogP contribution in [0.4, 0.5) is 8.78 Å². The van der Waals surface area contributed by atoms with Crippen LogP contribution in [0.2, 0.25) is 0 Å². The zero-order chi connectivity index (χ0) is 14.5. The predicted molar refractivity (Wildman–Crippen MR) is 72.4 cm³/mol. The molecule has 106 valence electrons. The van der Waals surface area contributed by atoms with Gasteiger partial charge >= 0.3 is 0 Å². The van der Waals surface area contributed by atoms with Crippen molar-refractivity contribution in [2.45, 2.75) is 5.92 Å². The van der Waals surface area contributed by atoms with E-state index in [4.69, 9.17) is 9.84 Å². The summed E-state index contributed by atoms with van der Waals surface area (Å²) >= 11 is 6.50. The Morgan fingerprint density at radius 3 is 2.68 bits per heavy atom. The zero-order valence-corrected chi connectivity index (χ0v) is 12.8. The molecule has 0 saturated carbocycles. The molecular formula is C11H11Br2F2NO3. The maximum atomic E-state index is 12.7. The van der Waals surface area contributed by atoms with E-state index in [1.54, 1.807) is 18.2 Å². The van der Waals surface area contributed by atoms with Crippen molar-refractivity contribution in [1.29, 1.82) is 0 Å². The monoisotopic (exact) mass is 401 g/mol. The van der Waals surface area contributed by atoms with Crippen molar-refractivity contribution in [2.24, 2.45) is 0 Å². The van der Waals surface area contributed by atoms with Crippen LogP contribution in [-0.4, -0.2) is 36.7 Å². The summed E-state index contributed by atoms with van der Waals surface area (Å²) in [7, 11) is 0. The third-order valence-corrected chi connectivity index (χ3v) is 3.14. The number of amides is 1. The highest BCUT2D eigenvalue weighted by atomic mass is 79.9. The molecule has 0 saturated heterocycles. The Labute approximate surface area is 125 Å². The van der Waals surface area contributed by atoms with Crippen LogP contribution in [0.25, 0.3) is 0 Å². The number of carbonyl (C=O) groups is 1. The van der Waals surface area contributed by atoms with Gasteiger partial charge in [0.1, 0.15) is 12.4 Å². The van der Waals surface area contributed by atoms with Gasteiger partial charge in [0.15, 0.2) is 6.61 Å². The molecule has 8 heteroatoms. The molecule has 1 rings (SSSR count). The van der Waals surface area contributed by atoms with Crippen molar-refractivity contribution in [1.82, 2.24) is 5.32 Å². The lowest BCUT2D eigenvalue weighted by Gasteiger charge is -2.14. The molecule has 4 nitrogen and oxygen atoms in total. The minimum absolute atomic E-state index is 0.387. The Morgan fingerprint density at radius 2 is 2.11 bits per heavy atom. The Balaban J connectivity index is 2.42. The van der Waals surface area contributed by atoms with Gasteiger partial charge in [-0.2, -0.15) is 0 Å². The van der Waals surface area contributed by atoms with E-state index in [1.165, 1.54) is 0 Å². The van der Waals surface area contributed by atoms with Crippen molar-refractivity contribution in [3.63, 3.8) is 0 Å². The third-order valence-electron chi connectivity index (χ3n) is 2.03. The average Bonchev–Trinajstić information content (AvgIpc) is 2.35. The van der Waals surface area contributed by atoms with Gasteiger partial charge in [-0.25, -0.2) is 8.78 Å². The first-order valence-corrected chi connectivity index (χ1v) is 6.76. The number of halogens is 4. The van der Waals surface area contributed by atoms with Crippen LogP contribution in [0.3, 0.4) is 0 Å². The standard InChI is InChI=1S/C11H11Br2F2NO3/c12-7-1-2-9(8(13)3-7)19-4-10(18)16-5-11(14,15)6-17/h1-3,17H,4-6H2,(H,16,18). The van der Waals surface area contributed by atoms with Crippen LogP contribution >= 0.6 is 31.9 Å². The SMILES string of the molecule is O=C(COc1ccc(Br)cc1Br)NCC(F)(F)CO.